The molecule has 7 heteroatoms. The Morgan fingerprint density at radius 3 is 2.29 bits per heavy atom. The Labute approximate surface area is 127 Å². The molecule has 1 aliphatic rings. The molecule has 114 valence electrons. The number of benzene rings is 1. The SMILES string of the molecule is O=C(O)COCC(=O)N1CCN(c2ccc(Cl)cc2)CC1. The van der Waals surface area contributed by atoms with E-state index in [0.717, 1.165) is 18.8 Å². The van der Waals surface area contributed by atoms with Crippen molar-refractivity contribution in [3.63, 3.8) is 0 Å². The van der Waals surface area contributed by atoms with Crippen molar-refractivity contribution in [1.29, 1.82) is 0 Å². The molecule has 1 aromatic carbocycles. The van der Waals surface area contributed by atoms with Crippen molar-refractivity contribution in [3.8, 4) is 0 Å². The topological polar surface area (TPSA) is 70.1 Å². The third-order valence-corrected chi connectivity index (χ3v) is 3.53. The number of rotatable bonds is 5. The number of hydrogen-bond acceptors (Lipinski definition) is 4. The largest absolute Gasteiger partial charge is 0.480 e. The van der Waals surface area contributed by atoms with Crippen LogP contribution in [0.15, 0.2) is 24.3 Å². The highest BCUT2D eigenvalue weighted by molar-refractivity contribution is 6.30. The minimum Gasteiger partial charge on any atom is -0.480 e. The third-order valence-electron chi connectivity index (χ3n) is 3.28. The summed E-state index contributed by atoms with van der Waals surface area (Å²) in [4.78, 5) is 26.0. The van der Waals surface area contributed by atoms with E-state index in [1.807, 2.05) is 24.3 Å². The van der Waals surface area contributed by atoms with Crippen LogP contribution in [-0.4, -0.2) is 61.3 Å². The van der Waals surface area contributed by atoms with Gasteiger partial charge in [0.05, 0.1) is 0 Å². The Bertz CT molecular complexity index is 498. The van der Waals surface area contributed by atoms with E-state index in [1.54, 1.807) is 4.90 Å². The maximum Gasteiger partial charge on any atom is 0.329 e. The molecule has 21 heavy (non-hydrogen) atoms. The molecule has 1 saturated heterocycles. The Morgan fingerprint density at radius 1 is 1.10 bits per heavy atom. The van der Waals surface area contributed by atoms with Crippen LogP contribution in [0.2, 0.25) is 5.02 Å². The Morgan fingerprint density at radius 2 is 1.71 bits per heavy atom. The summed E-state index contributed by atoms with van der Waals surface area (Å²) in [6.45, 7) is 2.01. The van der Waals surface area contributed by atoms with Crippen molar-refractivity contribution in [2.24, 2.45) is 0 Å². The van der Waals surface area contributed by atoms with Crippen molar-refractivity contribution in [1.82, 2.24) is 4.90 Å². The average Bonchev–Trinajstić information content (AvgIpc) is 2.48. The van der Waals surface area contributed by atoms with Crippen LogP contribution >= 0.6 is 11.6 Å². The lowest BCUT2D eigenvalue weighted by Gasteiger charge is -2.36. The van der Waals surface area contributed by atoms with E-state index in [4.69, 9.17) is 21.4 Å². The zero-order valence-corrected chi connectivity index (χ0v) is 12.3. The average molecular weight is 313 g/mol. The molecule has 1 N–H and O–H groups in total. The number of ether oxygens (including phenoxy) is 1. The molecule has 0 unspecified atom stereocenters. The lowest BCUT2D eigenvalue weighted by atomic mass is 10.2. The summed E-state index contributed by atoms with van der Waals surface area (Å²) in [5.74, 6) is -1.25. The van der Waals surface area contributed by atoms with Crippen molar-refractivity contribution >= 4 is 29.2 Å². The number of amides is 1. The molecule has 0 radical (unpaired) electrons. The van der Waals surface area contributed by atoms with Gasteiger partial charge in [0, 0.05) is 36.9 Å². The van der Waals surface area contributed by atoms with E-state index in [0.29, 0.717) is 18.1 Å². The second kappa shape index (κ2) is 7.28. The number of carboxylic acid groups (broad SMARTS) is 1. The van der Waals surface area contributed by atoms with Gasteiger partial charge in [-0.15, -0.1) is 0 Å². The van der Waals surface area contributed by atoms with Crippen LogP contribution in [0.4, 0.5) is 5.69 Å². The Balaban J connectivity index is 1.78. The molecule has 0 spiro atoms. The molecule has 2 rings (SSSR count). The number of carbonyl (C=O) groups excluding carboxylic acids is 1. The van der Waals surface area contributed by atoms with E-state index in [-0.39, 0.29) is 12.5 Å². The van der Waals surface area contributed by atoms with E-state index in [2.05, 4.69) is 4.90 Å². The molecule has 1 heterocycles. The first-order valence-electron chi connectivity index (χ1n) is 6.64. The fourth-order valence-electron chi connectivity index (χ4n) is 2.18. The zero-order chi connectivity index (χ0) is 15.2. The summed E-state index contributed by atoms with van der Waals surface area (Å²) in [7, 11) is 0. The normalized spacial score (nSPS) is 15.1. The van der Waals surface area contributed by atoms with Crippen LogP contribution < -0.4 is 4.90 Å². The van der Waals surface area contributed by atoms with E-state index < -0.39 is 12.6 Å². The van der Waals surface area contributed by atoms with E-state index >= 15 is 0 Å². The maximum absolute atomic E-state index is 11.8. The first-order chi connectivity index (χ1) is 10.1. The lowest BCUT2D eigenvalue weighted by molar-refractivity contribution is -0.145. The number of carbonyl (C=O) groups is 2. The highest BCUT2D eigenvalue weighted by Crippen LogP contribution is 2.19. The second-order valence-corrected chi connectivity index (χ2v) is 5.17. The van der Waals surface area contributed by atoms with E-state index in [9.17, 15) is 9.59 Å². The van der Waals surface area contributed by atoms with Crippen molar-refractivity contribution in [2.75, 3.05) is 44.3 Å². The summed E-state index contributed by atoms with van der Waals surface area (Å²) in [6.07, 6.45) is 0. The van der Waals surface area contributed by atoms with Gasteiger partial charge < -0.3 is 19.6 Å². The van der Waals surface area contributed by atoms with Gasteiger partial charge in [-0.1, -0.05) is 11.6 Å². The van der Waals surface area contributed by atoms with Crippen LogP contribution in [0, 0.1) is 0 Å². The smallest absolute Gasteiger partial charge is 0.329 e. The molecular formula is C14H17ClN2O4. The number of anilines is 1. The van der Waals surface area contributed by atoms with Gasteiger partial charge in [0.25, 0.3) is 0 Å². The summed E-state index contributed by atoms with van der Waals surface area (Å²) in [6, 6.07) is 7.59. The molecule has 0 aromatic heterocycles. The highest BCUT2D eigenvalue weighted by Gasteiger charge is 2.21. The lowest BCUT2D eigenvalue weighted by Crippen LogP contribution is -2.49. The monoisotopic (exact) mass is 312 g/mol. The minimum absolute atomic E-state index is 0.174. The van der Waals surface area contributed by atoms with Gasteiger partial charge >= 0.3 is 5.97 Å². The Kier molecular flexibility index (Phi) is 5.41. The molecule has 1 amide bonds. The summed E-state index contributed by atoms with van der Waals surface area (Å²) in [5.41, 5.74) is 1.08. The standard InChI is InChI=1S/C14H17ClN2O4/c15-11-1-3-12(4-2-11)16-5-7-17(8-6-16)13(18)9-21-10-14(19)20/h1-4H,5-10H2,(H,19,20). The molecule has 1 fully saturated rings. The highest BCUT2D eigenvalue weighted by atomic mass is 35.5. The molecule has 6 nitrogen and oxygen atoms in total. The van der Waals surface area contributed by atoms with Crippen molar-refractivity contribution < 1.29 is 19.4 Å². The van der Waals surface area contributed by atoms with Gasteiger partial charge in [0.1, 0.15) is 13.2 Å². The molecule has 0 atom stereocenters. The summed E-state index contributed by atoms with van der Waals surface area (Å²) < 4.78 is 4.82. The predicted octanol–water partition coefficient (Wildman–Crippen LogP) is 1.09. The van der Waals surface area contributed by atoms with Gasteiger partial charge in [-0.3, -0.25) is 4.79 Å². The van der Waals surface area contributed by atoms with Gasteiger partial charge in [-0.05, 0) is 24.3 Å². The molecule has 0 aliphatic carbocycles. The third kappa shape index (κ3) is 4.61. The van der Waals surface area contributed by atoms with Crippen LogP contribution in [0.25, 0.3) is 0 Å². The maximum atomic E-state index is 11.8. The van der Waals surface area contributed by atoms with Crippen molar-refractivity contribution in [2.45, 2.75) is 0 Å². The van der Waals surface area contributed by atoms with Crippen LogP contribution in [0.1, 0.15) is 0 Å². The number of piperazine rings is 1. The van der Waals surface area contributed by atoms with Gasteiger partial charge in [-0.25, -0.2) is 4.79 Å². The van der Waals surface area contributed by atoms with Crippen LogP contribution in [-0.2, 0) is 14.3 Å². The molecule has 1 aromatic rings. The molecule has 0 bridgehead atoms. The van der Waals surface area contributed by atoms with Gasteiger partial charge in [0.2, 0.25) is 5.91 Å². The number of nitrogens with zero attached hydrogens (tertiary/aromatic N) is 2. The summed E-state index contributed by atoms with van der Waals surface area (Å²) >= 11 is 5.86. The van der Waals surface area contributed by atoms with Gasteiger partial charge in [0.15, 0.2) is 0 Å². The van der Waals surface area contributed by atoms with Crippen LogP contribution in [0.5, 0.6) is 0 Å². The first kappa shape index (κ1) is 15.6. The predicted molar refractivity (Wildman–Crippen MR) is 78.7 cm³/mol. The molecule has 1 aliphatic heterocycles. The second-order valence-electron chi connectivity index (χ2n) is 4.73. The van der Waals surface area contributed by atoms with E-state index in [1.165, 1.54) is 0 Å². The van der Waals surface area contributed by atoms with Gasteiger partial charge in [-0.2, -0.15) is 0 Å². The summed E-state index contributed by atoms with van der Waals surface area (Å²) in [5, 5.41) is 9.15. The number of carboxylic acids is 1. The molecule has 0 saturated carbocycles. The van der Waals surface area contributed by atoms with Crippen molar-refractivity contribution in [3.05, 3.63) is 29.3 Å². The number of halogens is 1. The Hall–Kier alpha value is -1.79. The van der Waals surface area contributed by atoms with Crippen LogP contribution in [0.3, 0.4) is 0 Å². The quantitative estimate of drug-likeness (QED) is 0.881. The number of hydrogen-bond donors (Lipinski definition) is 1. The number of aliphatic carboxylic acids is 1. The minimum atomic E-state index is -1.07. The fraction of sp³-hybridized carbons (Fsp3) is 0.429. The fourth-order valence-corrected chi connectivity index (χ4v) is 2.31. The molecular weight excluding hydrogens is 296 g/mol. The zero-order valence-electron chi connectivity index (χ0n) is 11.5. The first-order valence-corrected chi connectivity index (χ1v) is 7.02.